The van der Waals surface area contributed by atoms with Crippen LogP contribution < -0.4 is 9.64 Å². The Balaban J connectivity index is 1.52. The number of nitrogens with zero attached hydrogens (tertiary/aromatic N) is 1. The Morgan fingerprint density at radius 3 is 2.32 bits per heavy atom. The van der Waals surface area contributed by atoms with Gasteiger partial charge < -0.3 is 9.47 Å². The summed E-state index contributed by atoms with van der Waals surface area (Å²) in [6, 6.07) is 12.8. The number of methoxy groups -OCH3 is 1. The van der Waals surface area contributed by atoms with Gasteiger partial charge in [-0.25, -0.2) is 9.69 Å². The first-order valence-electron chi connectivity index (χ1n) is 9.97. The van der Waals surface area contributed by atoms with Gasteiger partial charge in [-0.3, -0.25) is 14.4 Å². The average molecular weight is 419 g/mol. The Labute approximate surface area is 179 Å². The lowest BCUT2D eigenvalue weighted by molar-refractivity contribution is -0.122. The van der Waals surface area contributed by atoms with Crippen LogP contribution in [0.25, 0.3) is 0 Å². The van der Waals surface area contributed by atoms with Crippen molar-refractivity contribution in [3.8, 4) is 5.75 Å². The minimum atomic E-state index is -0.777. The van der Waals surface area contributed by atoms with Crippen molar-refractivity contribution in [1.29, 1.82) is 0 Å². The van der Waals surface area contributed by atoms with Crippen molar-refractivity contribution in [2.45, 2.75) is 12.8 Å². The molecular weight excluding hydrogens is 398 g/mol. The molecule has 7 nitrogen and oxygen atoms in total. The maximum Gasteiger partial charge on any atom is 0.340 e. The molecule has 2 aliphatic rings. The zero-order valence-electron chi connectivity index (χ0n) is 16.9. The Hall–Kier alpha value is -3.74. The summed E-state index contributed by atoms with van der Waals surface area (Å²) in [5.74, 6) is -2.09. The zero-order valence-corrected chi connectivity index (χ0v) is 16.9. The number of para-hydroxylation sites is 1. The zero-order chi connectivity index (χ0) is 22.0. The number of hydrogen-bond donors (Lipinski definition) is 0. The summed E-state index contributed by atoms with van der Waals surface area (Å²) in [7, 11) is 1.49. The number of rotatable bonds is 6. The fourth-order valence-electron chi connectivity index (χ4n) is 3.97. The minimum absolute atomic E-state index is 0.0641. The molecule has 0 bridgehead atoms. The largest absolute Gasteiger partial charge is 0.497 e. The van der Waals surface area contributed by atoms with Gasteiger partial charge in [0, 0.05) is 5.56 Å². The first-order valence-corrected chi connectivity index (χ1v) is 9.97. The van der Waals surface area contributed by atoms with Gasteiger partial charge in [0.15, 0.2) is 12.4 Å². The van der Waals surface area contributed by atoms with Crippen LogP contribution in [0.15, 0.2) is 60.7 Å². The molecule has 1 saturated heterocycles. The molecule has 0 radical (unpaired) electrons. The number of fused-ring (bicyclic) bond motifs is 1. The molecule has 2 aromatic carbocycles. The van der Waals surface area contributed by atoms with E-state index in [-0.39, 0.29) is 23.1 Å². The van der Waals surface area contributed by atoms with Crippen molar-refractivity contribution >= 4 is 29.3 Å². The second kappa shape index (κ2) is 8.55. The van der Waals surface area contributed by atoms with Gasteiger partial charge in [-0.15, -0.1) is 0 Å². The van der Waals surface area contributed by atoms with Crippen molar-refractivity contribution in [1.82, 2.24) is 0 Å². The molecule has 2 amide bonds. The van der Waals surface area contributed by atoms with Crippen molar-refractivity contribution in [3.63, 3.8) is 0 Å². The molecule has 4 rings (SSSR count). The van der Waals surface area contributed by atoms with Crippen molar-refractivity contribution in [2.75, 3.05) is 18.6 Å². The summed E-state index contributed by atoms with van der Waals surface area (Å²) in [6.07, 6.45) is 4.82. The second-order valence-electron chi connectivity index (χ2n) is 7.42. The predicted octanol–water partition coefficient (Wildman–Crippen LogP) is 3.19. The maximum atomic E-state index is 12.9. The first kappa shape index (κ1) is 20.5. The highest BCUT2D eigenvalue weighted by atomic mass is 16.5. The van der Waals surface area contributed by atoms with Gasteiger partial charge in [-0.1, -0.05) is 36.4 Å². The third-order valence-corrected chi connectivity index (χ3v) is 5.60. The molecule has 2 atom stereocenters. The number of anilines is 1. The number of hydrogen-bond acceptors (Lipinski definition) is 6. The number of allylic oxidation sites excluding steroid dienone is 2. The van der Waals surface area contributed by atoms with Crippen LogP contribution >= 0.6 is 0 Å². The van der Waals surface area contributed by atoms with Gasteiger partial charge in [0.2, 0.25) is 11.8 Å². The van der Waals surface area contributed by atoms with Crippen LogP contribution in [0.5, 0.6) is 5.75 Å². The van der Waals surface area contributed by atoms with Gasteiger partial charge in [0.1, 0.15) is 5.75 Å². The summed E-state index contributed by atoms with van der Waals surface area (Å²) in [5, 5.41) is 0. The molecule has 1 aliphatic carbocycles. The van der Waals surface area contributed by atoms with Crippen molar-refractivity contribution in [2.24, 2.45) is 11.8 Å². The lowest BCUT2D eigenvalue weighted by Gasteiger charge is -2.18. The third kappa shape index (κ3) is 3.86. The Kier molecular flexibility index (Phi) is 5.66. The molecule has 0 spiro atoms. The van der Waals surface area contributed by atoms with Gasteiger partial charge in [0.05, 0.1) is 30.2 Å². The fraction of sp³-hybridized carbons (Fsp3) is 0.250. The minimum Gasteiger partial charge on any atom is -0.497 e. The summed E-state index contributed by atoms with van der Waals surface area (Å²) >= 11 is 0. The van der Waals surface area contributed by atoms with Crippen LogP contribution in [0.2, 0.25) is 0 Å². The molecule has 2 aromatic rings. The highest BCUT2D eigenvalue weighted by Crippen LogP contribution is 2.38. The maximum absolute atomic E-state index is 12.9. The quantitative estimate of drug-likeness (QED) is 0.309. The lowest BCUT2D eigenvalue weighted by atomic mass is 9.85. The molecule has 0 saturated carbocycles. The van der Waals surface area contributed by atoms with Crippen LogP contribution in [-0.4, -0.2) is 37.3 Å². The van der Waals surface area contributed by atoms with Gasteiger partial charge in [-0.2, -0.15) is 0 Å². The number of carbonyl (C=O) groups excluding carboxylic acids is 4. The van der Waals surface area contributed by atoms with E-state index in [9.17, 15) is 19.2 Å². The molecule has 1 aliphatic heterocycles. The number of Topliss-reactive ketones (excluding diaryl/α,β-unsaturated/α-hetero) is 1. The number of esters is 1. The molecule has 1 heterocycles. The Morgan fingerprint density at radius 1 is 0.968 bits per heavy atom. The monoisotopic (exact) mass is 419 g/mol. The molecule has 0 aromatic heterocycles. The van der Waals surface area contributed by atoms with Gasteiger partial charge >= 0.3 is 5.97 Å². The van der Waals surface area contributed by atoms with Gasteiger partial charge in [0.25, 0.3) is 0 Å². The topological polar surface area (TPSA) is 90.0 Å². The molecule has 7 heteroatoms. The standard InChI is InChI=1S/C24H21NO6/c1-30-16-8-6-7-15(13-16)21(26)14-31-24(29)19-11-4-5-12-20(19)25-22(27)17-9-2-3-10-18(17)23(25)28/h2-8,11-13,17-18H,9-10,14H2,1H3. The van der Waals surface area contributed by atoms with E-state index in [1.54, 1.807) is 42.5 Å². The van der Waals surface area contributed by atoms with Crippen LogP contribution in [0.1, 0.15) is 33.6 Å². The lowest BCUT2D eigenvalue weighted by Crippen LogP contribution is -2.32. The predicted molar refractivity (Wildman–Crippen MR) is 112 cm³/mol. The second-order valence-corrected chi connectivity index (χ2v) is 7.42. The van der Waals surface area contributed by atoms with E-state index in [0.717, 1.165) is 4.90 Å². The van der Waals surface area contributed by atoms with Crippen LogP contribution in [0.4, 0.5) is 5.69 Å². The van der Waals surface area contributed by atoms with E-state index >= 15 is 0 Å². The van der Waals surface area contributed by atoms with Crippen LogP contribution in [-0.2, 0) is 14.3 Å². The SMILES string of the molecule is COc1cccc(C(=O)COC(=O)c2ccccc2N2C(=O)C3CC=CCC3C2=O)c1. The summed E-state index contributed by atoms with van der Waals surface area (Å²) in [5.41, 5.74) is 0.599. The van der Waals surface area contributed by atoms with E-state index in [1.165, 1.54) is 13.2 Å². The fourth-order valence-corrected chi connectivity index (χ4v) is 3.97. The Morgan fingerprint density at radius 2 is 1.65 bits per heavy atom. The van der Waals surface area contributed by atoms with E-state index in [0.29, 0.717) is 24.2 Å². The van der Waals surface area contributed by atoms with Crippen molar-refractivity contribution < 1.29 is 28.7 Å². The van der Waals surface area contributed by atoms with Crippen molar-refractivity contribution in [3.05, 3.63) is 71.8 Å². The summed E-state index contributed by atoms with van der Waals surface area (Å²) in [6.45, 7) is -0.475. The van der Waals surface area contributed by atoms with E-state index in [2.05, 4.69) is 0 Å². The van der Waals surface area contributed by atoms with E-state index in [4.69, 9.17) is 9.47 Å². The first-order chi connectivity index (χ1) is 15.0. The summed E-state index contributed by atoms with van der Waals surface area (Å²) < 4.78 is 10.3. The normalized spacial score (nSPS) is 19.8. The number of imide groups is 1. The highest BCUT2D eigenvalue weighted by molar-refractivity contribution is 6.24. The number of amides is 2. The number of benzene rings is 2. The molecular formula is C24H21NO6. The highest BCUT2D eigenvalue weighted by Gasteiger charge is 2.48. The Bertz CT molecular complexity index is 1060. The van der Waals surface area contributed by atoms with E-state index in [1.807, 2.05) is 12.2 Å². The van der Waals surface area contributed by atoms with Crippen LogP contribution in [0.3, 0.4) is 0 Å². The molecule has 1 fully saturated rings. The number of ketones is 1. The molecule has 158 valence electrons. The molecule has 0 N–H and O–H groups in total. The van der Waals surface area contributed by atoms with E-state index < -0.39 is 30.2 Å². The third-order valence-electron chi connectivity index (χ3n) is 5.60. The smallest absolute Gasteiger partial charge is 0.340 e. The van der Waals surface area contributed by atoms with Crippen LogP contribution in [0, 0.1) is 11.8 Å². The summed E-state index contributed by atoms with van der Waals surface area (Å²) in [4.78, 5) is 52.0. The average Bonchev–Trinajstić information content (AvgIpc) is 3.07. The number of ether oxygens (including phenoxy) is 2. The van der Waals surface area contributed by atoms with Gasteiger partial charge in [-0.05, 0) is 37.1 Å². The molecule has 31 heavy (non-hydrogen) atoms. The molecule has 2 unspecified atom stereocenters. The number of carbonyl (C=O) groups is 4.